The van der Waals surface area contributed by atoms with Crippen molar-refractivity contribution in [3.63, 3.8) is 0 Å². The minimum Gasteiger partial charge on any atom is -0.481 e. The second kappa shape index (κ2) is 17.5. The Labute approximate surface area is 198 Å². The fraction of sp³-hybridized carbons (Fsp3) is 0.640. The Morgan fingerprint density at radius 2 is 1.38 bits per heavy atom. The van der Waals surface area contributed by atoms with Crippen molar-refractivity contribution >= 4 is 29.6 Å². The van der Waals surface area contributed by atoms with Crippen LogP contribution in [-0.4, -0.2) is 45.6 Å². The zero-order valence-electron chi connectivity index (χ0n) is 19.7. The summed E-state index contributed by atoms with van der Waals surface area (Å²) in [4.78, 5) is 34.6. The number of hydrogen-bond acceptors (Lipinski definition) is 4. The van der Waals surface area contributed by atoms with Gasteiger partial charge in [-0.3, -0.25) is 9.59 Å². The zero-order valence-corrected chi connectivity index (χ0v) is 20.6. The van der Waals surface area contributed by atoms with Crippen LogP contribution in [0.15, 0.2) is 34.9 Å². The van der Waals surface area contributed by atoms with Crippen molar-refractivity contribution in [2.24, 2.45) is 11.8 Å². The van der Waals surface area contributed by atoms with Gasteiger partial charge in [0.1, 0.15) is 6.04 Å². The normalized spacial score (nSPS) is 14.6. The summed E-state index contributed by atoms with van der Waals surface area (Å²) in [6.45, 7) is 11.4. The first kappa shape index (κ1) is 32.2. The van der Waals surface area contributed by atoms with Crippen molar-refractivity contribution < 1.29 is 24.6 Å². The number of carboxylic acids is 2. The van der Waals surface area contributed by atoms with Gasteiger partial charge in [0.15, 0.2) is 0 Å². The van der Waals surface area contributed by atoms with Gasteiger partial charge in [-0.15, -0.1) is 0 Å². The Bertz CT molecular complexity index is 692. The van der Waals surface area contributed by atoms with Gasteiger partial charge < -0.3 is 15.5 Å². The van der Waals surface area contributed by atoms with Crippen LogP contribution in [0, 0.1) is 11.8 Å². The average molecular weight is 470 g/mol. The minimum atomic E-state index is -1.12. The maximum absolute atomic E-state index is 12.1. The molecule has 0 fully saturated rings. The summed E-state index contributed by atoms with van der Waals surface area (Å²) >= 11 is 1.43. The van der Waals surface area contributed by atoms with Crippen molar-refractivity contribution in [1.82, 2.24) is 5.32 Å². The quantitative estimate of drug-likeness (QED) is 0.210. The molecule has 0 aliphatic carbocycles. The summed E-state index contributed by atoms with van der Waals surface area (Å²) in [5.41, 5.74) is 3.99. The van der Waals surface area contributed by atoms with E-state index in [9.17, 15) is 19.5 Å². The van der Waals surface area contributed by atoms with Crippen LogP contribution in [0.2, 0.25) is 0 Å². The molecule has 6 nitrogen and oxygen atoms in total. The van der Waals surface area contributed by atoms with Crippen LogP contribution in [0.25, 0.3) is 0 Å². The molecule has 1 amide bonds. The second-order valence-corrected chi connectivity index (χ2v) is 9.39. The number of allylic oxidation sites excluding steroid dienone is 5. The highest BCUT2D eigenvalue weighted by atomic mass is 32.2. The fourth-order valence-corrected chi connectivity index (χ4v) is 3.64. The molecule has 3 N–H and O–H groups in total. The number of hydrogen-bond donors (Lipinski definition) is 3. The lowest BCUT2D eigenvalue weighted by molar-refractivity contribution is -0.147. The van der Waals surface area contributed by atoms with Gasteiger partial charge in [-0.2, -0.15) is 11.8 Å². The SMILES string of the molecule is C.CC(C)=CCC/C(C)=C/CC/C(C)=C/CSC[C@H](NC(=O)C(C)C(C)C(=O)O)C(=O)O. The van der Waals surface area contributed by atoms with Crippen molar-refractivity contribution in [3.05, 3.63) is 34.9 Å². The number of carbonyl (C=O) groups is 3. The number of carbonyl (C=O) groups excluding carboxylic acids is 1. The second-order valence-electron chi connectivity index (χ2n) is 8.31. The topological polar surface area (TPSA) is 104 Å². The number of aliphatic carboxylic acids is 2. The number of rotatable bonds is 15. The molecule has 7 heteroatoms. The van der Waals surface area contributed by atoms with Crippen LogP contribution in [-0.2, 0) is 14.4 Å². The lowest BCUT2D eigenvalue weighted by Crippen LogP contribution is -2.46. The predicted octanol–water partition coefficient (Wildman–Crippen LogP) is 5.70. The Hall–Kier alpha value is -2.02. The molecule has 0 bridgehead atoms. The van der Waals surface area contributed by atoms with Gasteiger partial charge in [-0.25, -0.2) is 4.79 Å². The first-order valence-corrected chi connectivity index (χ1v) is 11.9. The van der Waals surface area contributed by atoms with E-state index < -0.39 is 35.7 Å². The number of carboxylic acid groups (broad SMARTS) is 2. The van der Waals surface area contributed by atoms with E-state index in [1.807, 2.05) is 0 Å². The molecule has 0 heterocycles. The van der Waals surface area contributed by atoms with E-state index in [1.54, 1.807) is 0 Å². The molecular weight excluding hydrogens is 426 g/mol. The summed E-state index contributed by atoms with van der Waals surface area (Å²) in [5, 5.41) is 20.8. The molecule has 3 atom stereocenters. The number of amides is 1. The van der Waals surface area contributed by atoms with Crippen molar-refractivity contribution in [2.45, 2.75) is 80.7 Å². The molecule has 0 spiro atoms. The van der Waals surface area contributed by atoms with Gasteiger partial charge in [-0.05, 0) is 53.4 Å². The first-order chi connectivity index (χ1) is 14.5. The van der Waals surface area contributed by atoms with Crippen molar-refractivity contribution in [2.75, 3.05) is 11.5 Å². The van der Waals surface area contributed by atoms with Crippen LogP contribution >= 0.6 is 11.8 Å². The van der Waals surface area contributed by atoms with E-state index in [0.29, 0.717) is 5.75 Å². The Balaban J connectivity index is 0. The Morgan fingerprint density at radius 3 is 1.88 bits per heavy atom. The van der Waals surface area contributed by atoms with Crippen LogP contribution in [0.3, 0.4) is 0 Å². The van der Waals surface area contributed by atoms with E-state index >= 15 is 0 Å². The van der Waals surface area contributed by atoms with Crippen molar-refractivity contribution in [1.29, 1.82) is 0 Å². The predicted molar refractivity (Wildman–Crippen MR) is 135 cm³/mol. The average Bonchev–Trinajstić information content (AvgIpc) is 2.68. The molecule has 0 aliphatic heterocycles. The summed E-state index contributed by atoms with van der Waals surface area (Å²) in [6.07, 6.45) is 10.7. The van der Waals surface area contributed by atoms with Gasteiger partial charge in [0, 0.05) is 17.4 Å². The summed E-state index contributed by atoms with van der Waals surface area (Å²) in [7, 11) is 0. The molecule has 0 radical (unpaired) electrons. The first-order valence-electron chi connectivity index (χ1n) is 10.7. The van der Waals surface area contributed by atoms with Gasteiger partial charge >= 0.3 is 11.9 Å². The monoisotopic (exact) mass is 469 g/mol. The lowest BCUT2D eigenvalue weighted by atomic mass is 9.95. The van der Waals surface area contributed by atoms with Gasteiger partial charge in [-0.1, -0.05) is 56.2 Å². The van der Waals surface area contributed by atoms with E-state index in [4.69, 9.17) is 5.11 Å². The third-order valence-corrected chi connectivity index (χ3v) is 6.10. The smallest absolute Gasteiger partial charge is 0.327 e. The molecule has 2 unspecified atom stereocenters. The maximum atomic E-state index is 12.1. The summed E-state index contributed by atoms with van der Waals surface area (Å²) in [5.74, 6) is -3.55. The number of nitrogens with one attached hydrogen (secondary N) is 1. The highest BCUT2D eigenvalue weighted by Crippen LogP contribution is 2.14. The summed E-state index contributed by atoms with van der Waals surface area (Å²) < 4.78 is 0. The van der Waals surface area contributed by atoms with Gasteiger partial charge in [0.25, 0.3) is 0 Å². The summed E-state index contributed by atoms with van der Waals surface area (Å²) in [6, 6.07) is -1.04. The van der Waals surface area contributed by atoms with Crippen LogP contribution < -0.4 is 5.32 Å². The highest BCUT2D eigenvalue weighted by molar-refractivity contribution is 7.99. The van der Waals surface area contributed by atoms with Gasteiger partial charge in [0.2, 0.25) is 5.91 Å². The van der Waals surface area contributed by atoms with E-state index in [1.165, 1.54) is 42.3 Å². The molecular formula is C25H43NO5S. The standard InChI is InChI=1S/C24H39NO5S.CH4/c1-16(2)9-7-10-17(3)11-8-12-18(4)13-14-31-15-21(24(29)30)25-22(26)19(5)20(6)23(27)28;/h9,11,13,19-21H,7-8,10,12,14-15H2,1-6H3,(H,25,26)(H,27,28)(H,29,30);1H4/b17-11+,18-13+;/t19?,20?,21-;/m0./s1. The molecule has 0 aromatic carbocycles. The van der Waals surface area contributed by atoms with Crippen LogP contribution in [0.1, 0.15) is 74.7 Å². The molecule has 0 aromatic rings. The minimum absolute atomic E-state index is 0. The Morgan fingerprint density at radius 1 is 0.844 bits per heavy atom. The van der Waals surface area contributed by atoms with E-state index in [0.717, 1.165) is 25.7 Å². The van der Waals surface area contributed by atoms with Crippen molar-refractivity contribution in [3.8, 4) is 0 Å². The molecule has 184 valence electrons. The van der Waals surface area contributed by atoms with Crippen LogP contribution in [0.4, 0.5) is 0 Å². The third kappa shape index (κ3) is 14.9. The maximum Gasteiger partial charge on any atom is 0.327 e. The molecule has 0 aliphatic rings. The van der Waals surface area contributed by atoms with E-state index in [2.05, 4.69) is 51.2 Å². The Kier molecular flexibility index (Phi) is 17.6. The molecule has 0 saturated heterocycles. The molecule has 0 rings (SSSR count). The van der Waals surface area contributed by atoms with E-state index in [-0.39, 0.29) is 13.2 Å². The third-order valence-electron chi connectivity index (χ3n) is 5.12. The van der Waals surface area contributed by atoms with Gasteiger partial charge in [0.05, 0.1) is 5.92 Å². The number of thioether (sulfide) groups is 1. The van der Waals surface area contributed by atoms with Crippen LogP contribution in [0.5, 0.6) is 0 Å². The molecule has 0 saturated carbocycles. The largest absolute Gasteiger partial charge is 0.481 e. The molecule has 32 heavy (non-hydrogen) atoms. The highest BCUT2D eigenvalue weighted by Gasteiger charge is 2.29. The lowest BCUT2D eigenvalue weighted by Gasteiger charge is -2.19. The fourth-order valence-electron chi connectivity index (χ4n) is 2.64. The zero-order chi connectivity index (χ0) is 24.0. The molecule has 0 aromatic heterocycles.